The lowest BCUT2D eigenvalue weighted by Gasteiger charge is -2.25. The number of rotatable bonds is 15. The van der Waals surface area contributed by atoms with Crippen LogP contribution < -0.4 is 16.4 Å². The number of hydrogen-bond donors (Lipinski definition) is 4. The molecule has 1 unspecified atom stereocenters. The van der Waals surface area contributed by atoms with Gasteiger partial charge in [0.1, 0.15) is 0 Å². The molecule has 0 fully saturated rings. The van der Waals surface area contributed by atoms with Crippen molar-refractivity contribution in [2.45, 2.75) is 85.3 Å². The number of nitrogens with two attached hydrogens (primary N) is 1. The van der Waals surface area contributed by atoms with E-state index in [0.717, 1.165) is 6.42 Å². The summed E-state index contributed by atoms with van der Waals surface area (Å²) >= 11 is 0. The van der Waals surface area contributed by atoms with Crippen LogP contribution in [-0.4, -0.2) is 47.0 Å². The molecule has 0 aromatic heterocycles. The zero-order valence-electron chi connectivity index (χ0n) is 19.4. The smallest absolute Gasteiger partial charge is 0.312 e. The van der Waals surface area contributed by atoms with Crippen LogP contribution in [0.3, 0.4) is 0 Å². The average Bonchev–Trinajstić information content (AvgIpc) is 2.60. The van der Waals surface area contributed by atoms with Crippen molar-refractivity contribution in [2.24, 2.45) is 23.5 Å². The van der Waals surface area contributed by atoms with Gasteiger partial charge in [-0.05, 0) is 37.5 Å². The lowest BCUT2D eigenvalue weighted by molar-refractivity contribution is -0.131. The molecule has 0 aliphatic carbocycles. The molecule has 0 saturated carbocycles. The third-order valence-electron chi connectivity index (χ3n) is 5.25. The van der Waals surface area contributed by atoms with Crippen LogP contribution in [0.15, 0.2) is 0 Å². The zero-order chi connectivity index (χ0) is 23.5. The Labute approximate surface area is 181 Å². The van der Waals surface area contributed by atoms with Gasteiger partial charge in [0.05, 0.1) is 6.04 Å². The fourth-order valence-corrected chi connectivity index (χ4v) is 4.34. The summed E-state index contributed by atoms with van der Waals surface area (Å²) in [6.07, 6.45) is 2.11. The van der Waals surface area contributed by atoms with Gasteiger partial charge in [0.15, 0.2) is 5.78 Å². The number of carbonyl (C=O) groups is 3. The first kappa shape index (κ1) is 28.6. The topological polar surface area (TPSA) is 139 Å². The van der Waals surface area contributed by atoms with Crippen LogP contribution in [0.1, 0.15) is 73.6 Å². The molecular weight excluding hydrogens is 405 g/mol. The van der Waals surface area contributed by atoms with Gasteiger partial charge in [-0.25, -0.2) is 4.79 Å². The van der Waals surface area contributed by atoms with Gasteiger partial charge in [0.25, 0.3) is 0 Å². The highest BCUT2D eigenvalue weighted by molar-refractivity contribution is 7.58. The highest BCUT2D eigenvalue weighted by atomic mass is 31.2. The largest absolute Gasteiger partial charge is 0.352 e. The first-order chi connectivity index (χ1) is 13.8. The number of Topliss-reactive ketones (excluding diaryl/α,β-unsaturated/α-hetero) is 1. The molecule has 0 aromatic rings. The summed E-state index contributed by atoms with van der Waals surface area (Å²) in [4.78, 5) is 46.4. The summed E-state index contributed by atoms with van der Waals surface area (Å²) in [6, 6.07) is -1.32. The lowest BCUT2D eigenvalue weighted by atomic mass is 9.86. The molecule has 0 aliphatic heterocycles. The Morgan fingerprint density at radius 3 is 2.10 bits per heavy atom. The molecule has 0 spiro atoms. The van der Waals surface area contributed by atoms with Crippen molar-refractivity contribution in [3.63, 3.8) is 0 Å². The average molecular weight is 448 g/mol. The van der Waals surface area contributed by atoms with Crippen molar-refractivity contribution in [1.29, 1.82) is 0 Å². The van der Waals surface area contributed by atoms with E-state index in [9.17, 15) is 23.8 Å². The van der Waals surface area contributed by atoms with Crippen LogP contribution in [0.5, 0.6) is 0 Å². The van der Waals surface area contributed by atoms with Crippen LogP contribution in [0, 0.1) is 17.8 Å². The lowest BCUT2D eigenvalue weighted by Crippen LogP contribution is -2.45. The highest BCUT2D eigenvalue weighted by Crippen LogP contribution is 2.46. The quantitative estimate of drug-likeness (QED) is 0.225. The van der Waals surface area contributed by atoms with Crippen molar-refractivity contribution in [2.75, 3.05) is 12.7 Å². The Kier molecular flexibility index (Phi) is 13.2. The van der Waals surface area contributed by atoms with Gasteiger partial charge in [-0.3, -0.25) is 14.2 Å². The fourth-order valence-electron chi connectivity index (χ4n) is 3.21. The summed E-state index contributed by atoms with van der Waals surface area (Å²) in [7, 11) is -3.26. The van der Waals surface area contributed by atoms with E-state index in [1.54, 1.807) is 13.8 Å². The van der Waals surface area contributed by atoms with E-state index in [0.29, 0.717) is 31.7 Å². The van der Waals surface area contributed by atoms with E-state index >= 15 is 0 Å². The van der Waals surface area contributed by atoms with Crippen molar-refractivity contribution in [3.05, 3.63) is 0 Å². The minimum Gasteiger partial charge on any atom is -0.352 e. The molecule has 0 aromatic carbocycles. The summed E-state index contributed by atoms with van der Waals surface area (Å²) in [6.45, 7) is 11.8. The Balaban J connectivity index is 5.06. The number of ketones is 1. The van der Waals surface area contributed by atoms with Crippen LogP contribution in [-0.2, 0) is 14.2 Å². The Bertz CT molecular complexity index is 607. The van der Waals surface area contributed by atoms with Gasteiger partial charge in [0, 0.05) is 30.7 Å². The van der Waals surface area contributed by atoms with Crippen LogP contribution in [0.25, 0.3) is 0 Å². The van der Waals surface area contributed by atoms with E-state index in [2.05, 4.69) is 24.5 Å². The van der Waals surface area contributed by atoms with E-state index in [1.807, 2.05) is 13.8 Å². The molecule has 9 heteroatoms. The SMILES string of the molecule is CC(C)C[C@H](C(=O)N[C@@H](CCCNC(N)=O)C(=O)CCCP(=O)(O)C(C)C)C(C)C. The monoisotopic (exact) mass is 447 g/mol. The molecule has 0 saturated heterocycles. The van der Waals surface area contributed by atoms with Gasteiger partial charge < -0.3 is 21.3 Å². The van der Waals surface area contributed by atoms with Gasteiger partial charge in [0.2, 0.25) is 13.3 Å². The van der Waals surface area contributed by atoms with E-state index in [1.165, 1.54) is 0 Å². The van der Waals surface area contributed by atoms with Crippen LogP contribution >= 0.6 is 7.37 Å². The molecule has 30 heavy (non-hydrogen) atoms. The summed E-state index contributed by atoms with van der Waals surface area (Å²) < 4.78 is 12.1. The first-order valence-corrected chi connectivity index (χ1v) is 12.9. The maximum Gasteiger partial charge on any atom is 0.312 e. The Morgan fingerprint density at radius 1 is 1.03 bits per heavy atom. The first-order valence-electron chi connectivity index (χ1n) is 11.0. The highest BCUT2D eigenvalue weighted by Gasteiger charge is 2.28. The molecule has 8 nitrogen and oxygen atoms in total. The predicted octanol–water partition coefficient (Wildman–Crippen LogP) is 3.27. The van der Waals surface area contributed by atoms with E-state index < -0.39 is 19.4 Å². The second-order valence-corrected chi connectivity index (χ2v) is 12.1. The normalized spacial score (nSPS) is 15.7. The molecule has 0 radical (unpaired) electrons. The number of amides is 3. The molecule has 3 atom stereocenters. The van der Waals surface area contributed by atoms with Crippen LogP contribution in [0.4, 0.5) is 4.79 Å². The molecule has 0 aliphatic rings. The number of hydrogen-bond acceptors (Lipinski definition) is 4. The second-order valence-electron chi connectivity index (χ2n) is 9.12. The Morgan fingerprint density at radius 2 is 1.63 bits per heavy atom. The molecule has 0 bridgehead atoms. The fraction of sp³-hybridized carbons (Fsp3) is 0.857. The van der Waals surface area contributed by atoms with Crippen molar-refractivity contribution in [3.8, 4) is 0 Å². The van der Waals surface area contributed by atoms with Gasteiger partial charge in [-0.1, -0.05) is 41.5 Å². The summed E-state index contributed by atoms with van der Waals surface area (Å²) in [5.74, 6) is 0.00795. The molecule has 0 rings (SSSR count). The van der Waals surface area contributed by atoms with E-state index in [-0.39, 0.29) is 41.8 Å². The van der Waals surface area contributed by atoms with Crippen molar-refractivity contribution < 1.29 is 23.8 Å². The number of primary amides is 1. The summed E-state index contributed by atoms with van der Waals surface area (Å²) in [5.41, 5.74) is 4.72. The third-order valence-corrected chi connectivity index (χ3v) is 7.82. The molecule has 176 valence electrons. The number of urea groups is 1. The second kappa shape index (κ2) is 13.8. The van der Waals surface area contributed by atoms with E-state index in [4.69, 9.17) is 5.73 Å². The third kappa shape index (κ3) is 11.7. The van der Waals surface area contributed by atoms with Gasteiger partial charge in [-0.15, -0.1) is 0 Å². The zero-order valence-corrected chi connectivity index (χ0v) is 20.3. The maximum atomic E-state index is 12.9. The van der Waals surface area contributed by atoms with Gasteiger partial charge >= 0.3 is 6.03 Å². The van der Waals surface area contributed by atoms with Crippen molar-refractivity contribution >= 4 is 25.1 Å². The minimum atomic E-state index is -3.26. The molecule has 5 N–H and O–H groups in total. The predicted molar refractivity (Wildman–Crippen MR) is 121 cm³/mol. The molecular formula is C21H42N3O5P. The molecule has 0 heterocycles. The van der Waals surface area contributed by atoms with Gasteiger partial charge in [-0.2, -0.15) is 0 Å². The number of nitrogens with one attached hydrogen (secondary N) is 2. The van der Waals surface area contributed by atoms with Crippen LogP contribution in [0.2, 0.25) is 0 Å². The van der Waals surface area contributed by atoms with Crippen molar-refractivity contribution in [1.82, 2.24) is 10.6 Å². The summed E-state index contributed by atoms with van der Waals surface area (Å²) in [5, 5.41) is 5.38. The minimum absolute atomic E-state index is 0.0856. The Hall–Kier alpha value is -1.40. The number of carbonyl (C=O) groups excluding carboxylic acids is 3. The maximum absolute atomic E-state index is 12.9. The standard InChI is InChI=1S/C21H42N3O5P/c1-14(2)13-17(15(3)4)20(26)24-18(9-7-11-23-21(22)27)19(25)10-8-12-30(28,29)16(5)6/h14-18H,7-13H2,1-6H3,(H,24,26)(H,28,29)(H3,22,23,27)/t17-,18-/m0/s1. The molecule has 3 amide bonds.